The number of para-hydroxylation sites is 1. The third-order valence-corrected chi connectivity index (χ3v) is 4.15. The quantitative estimate of drug-likeness (QED) is 0.847. The van der Waals surface area contributed by atoms with E-state index in [0.29, 0.717) is 6.04 Å². The first-order chi connectivity index (χ1) is 7.77. The predicted octanol–water partition coefficient (Wildman–Crippen LogP) is 3.05. The van der Waals surface area contributed by atoms with Crippen LogP contribution in [0.2, 0.25) is 0 Å². The molecule has 0 aliphatic carbocycles. The molecule has 0 bridgehead atoms. The molecule has 1 aliphatic heterocycles. The minimum absolute atomic E-state index is 0.403. The summed E-state index contributed by atoms with van der Waals surface area (Å²) < 4.78 is 0. The fourth-order valence-corrected chi connectivity index (χ4v) is 3.14. The predicted molar refractivity (Wildman–Crippen MR) is 71.0 cm³/mol. The number of benzene rings is 1. The topological polar surface area (TPSA) is 32.3 Å². The Kier molecular flexibility index (Phi) is 4.13. The van der Waals surface area contributed by atoms with Gasteiger partial charge in [-0.05, 0) is 31.6 Å². The number of hydrogen-bond donors (Lipinski definition) is 2. The van der Waals surface area contributed by atoms with E-state index in [1.807, 2.05) is 36.9 Å². The van der Waals surface area contributed by atoms with Crippen LogP contribution in [0, 0.1) is 0 Å². The van der Waals surface area contributed by atoms with Crippen LogP contribution in [-0.2, 0) is 0 Å². The Morgan fingerprint density at radius 2 is 2.25 bits per heavy atom. The lowest BCUT2D eigenvalue weighted by Gasteiger charge is -2.25. The molecule has 0 aromatic heterocycles. The minimum atomic E-state index is -0.403. The molecule has 2 nitrogen and oxygen atoms in total. The van der Waals surface area contributed by atoms with Crippen molar-refractivity contribution in [2.45, 2.75) is 31.9 Å². The van der Waals surface area contributed by atoms with Crippen molar-refractivity contribution in [3.63, 3.8) is 0 Å². The van der Waals surface area contributed by atoms with Gasteiger partial charge in [0.15, 0.2) is 0 Å². The molecular formula is C13H19NOS. The first-order valence-electron chi connectivity index (χ1n) is 5.88. The first kappa shape index (κ1) is 11.8. The summed E-state index contributed by atoms with van der Waals surface area (Å²) in [6.07, 6.45) is 2.13. The van der Waals surface area contributed by atoms with E-state index in [9.17, 15) is 5.11 Å². The van der Waals surface area contributed by atoms with Gasteiger partial charge in [-0.1, -0.05) is 18.2 Å². The molecule has 88 valence electrons. The summed E-state index contributed by atoms with van der Waals surface area (Å²) in [4.78, 5) is 0. The highest BCUT2D eigenvalue weighted by Crippen LogP contribution is 2.26. The smallest absolute Gasteiger partial charge is 0.0781 e. The van der Waals surface area contributed by atoms with Crippen LogP contribution in [0.1, 0.15) is 31.4 Å². The zero-order valence-corrected chi connectivity index (χ0v) is 10.5. The lowest BCUT2D eigenvalue weighted by Crippen LogP contribution is -2.26. The second-order valence-corrected chi connectivity index (χ2v) is 5.47. The molecular weight excluding hydrogens is 218 g/mol. The Morgan fingerprint density at radius 1 is 1.44 bits per heavy atom. The van der Waals surface area contributed by atoms with Crippen molar-refractivity contribution in [2.75, 3.05) is 16.8 Å². The van der Waals surface area contributed by atoms with E-state index in [-0.39, 0.29) is 0 Å². The Bertz CT molecular complexity index is 334. The lowest BCUT2D eigenvalue weighted by molar-refractivity contribution is 0.200. The largest absolute Gasteiger partial charge is 0.389 e. The van der Waals surface area contributed by atoms with Gasteiger partial charge in [0, 0.05) is 23.0 Å². The number of rotatable bonds is 3. The lowest BCUT2D eigenvalue weighted by atomic mass is 10.1. The zero-order valence-electron chi connectivity index (χ0n) is 9.65. The third-order valence-electron chi connectivity index (χ3n) is 2.93. The van der Waals surface area contributed by atoms with Crippen LogP contribution >= 0.6 is 11.8 Å². The molecule has 1 aliphatic rings. The van der Waals surface area contributed by atoms with E-state index in [2.05, 4.69) is 11.4 Å². The Hall–Kier alpha value is -0.670. The maximum absolute atomic E-state index is 9.69. The Morgan fingerprint density at radius 3 is 2.94 bits per heavy atom. The summed E-state index contributed by atoms with van der Waals surface area (Å²) >= 11 is 2.01. The molecule has 2 rings (SSSR count). The molecule has 0 spiro atoms. The number of hydrogen-bond acceptors (Lipinski definition) is 3. The third kappa shape index (κ3) is 2.92. The molecule has 0 amide bonds. The zero-order chi connectivity index (χ0) is 11.4. The number of anilines is 1. The van der Waals surface area contributed by atoms with Gasteiger partial charge >= 0.3 is 0 Å². The van der Waals surface area contributed by atoms with Crippen molar-refractivity contribution >= 4 is 17.4 Å². The van der Waals surface area contributed by atoms with Crippen LogP contribution < -0.4 is 5.32 Å². The molecule has 0 saturated carbocycles. The number of thioether (sulfide) groups is 1. The molecule has 1 aromatic carbocycles. The van der Waals surface area contributed by atoms with E-state index >= 15 is 0 Å². The van der Waals surface area contributed by atoms with Crippen LogP contribution in [-0.4, -0.2) is 22.7 Å². The fourth-order valence-electron chi connectivity index (χ4n) is 2.07. The average Bonchev–Trinajstić information content (AvgIpc) is 2.31. The van der Waals surface area contributed by atoms with Crippen LogP contribution in [0.15, 0.2) is 24.3 Å². The van der Waals surface area contributed by atoms with E-state index in [1.165, 1.54) is 24.3 Å². The van der Waals surface area contributed by atoms with Crippen LogP contribution in [0.4, 0.5) is 5.69 Å². The highest BCUT2D eigenvalue weighted by Gasteiger charge is 2.15. The summed E-state index contributed by atoms with van der Waals surface area (Å²) in [6.45, 7) is 1.82. The summed E-state index contributed by atoms with van der Waals surface area (Å²) in [5.41, 5.74) is 2.09. The molecule has 2 atom stereocenters. The maximum Gasteiger partial charge on any atom is 0.0781 e. The van der Waals surface area contributed by atoms with Crippen molar-refractivity contribution in [3.05, 3.63) is 29.8 Å². The number of aliphatic hydroxyl groups excluding tert-OH is 1. The molecule has 1 heterocycles. The second-order valence-electron chi connectivity index (χ2n) is 4.32. The van der Waals surface area contributed by atoms with Gasteiger partial charge in [0.1, 0.15) is 0 Å². The first-order valence-corrected chi connectivity index (χ1v) is 7.04. The summed E-state index contributed by atoms with van der Waals surface area (Å²) in [5.74, 6) is 2.46. The molecule has 1 aromatic rings. The highest BCUT2D eigenvalue weighted by molar-refractivity contribution is 7.99. The van der Waals surface area contributed by atoms with Crippen molar-refractivity contribution in [3.8, 4) is 0 Å². The SMILES string of the molecule is CC(O)c1ccccc1NC1CCCSC1. The van der Waals surface area contributed by atoms with Gasteiger partial charge in [-0.2, -0.15) is 11.8 Å². The van der Waals surface area contributed by atoms with Crippen molar-refractivity contribution < 1.29 is 5.11 Å². The van der Waals surface area contributed by atoms with Gasteiger partial charge in [-0.15, -0.1) is 0 Å². The van der Waals surface area contributed by atoms with E-state index in [1.54, 1.807) is 0 Å². The van der Waals surface area contributed by atoms with Crippen molar-refractivity contribution in [2.24, 2.45) is 0 Å². The van der Waals surface area contributed by atoms with Crippen LogP contribution in [0.5, 0.6) is 0 Å². The molecule has 3 heteroatoms. The molecule has 16 heavy (non-hydrogen) atoms. The van der Waals surface area contributed by atoms with Crippen molar-refractivity contribution in [1.82, 2.24) is 0 Å². The summed E-state index contributed by atoms with van der Waals surface area (Å²) in [6, 6.07) is 8.59. The molecule has 2 N–H and O–H groups in total. The van der Waals surface area contributed by atoms with Gasteiger partial charge < -0.3 is 10.4 Å². The van der Waals surface area contributed by atoms with Gasteiger partial charge in [-0.25, -0.2) is 0 Å². The van der Waals surface area contributed by atoms with Crippen LogP contribution in [0.25, 0.3) is 0 Å². The maximum atomic E-state index is 9.69. The van der Waals surface area contributed by atoms with Crippen molar-refractivity contribution in [1.29, 1.82) is 0 Å². The van der Waals surface area contributed by atoms with E-state index < -0.39 is 6.10 Å². The molecule has 1 fully saturated rings. The average molecular weight is 237 g/mol. The fraction of sp³-hybridized carbons (Fsp3) is 0.538. The summed E-state index contributed by atoms with van der Waals surface area (Å²) in [5, 5.41) is 13.2. The Labute approximate surface area is 101 Å². The monoisotopic (exact) mass is 237 g/mol. The standard InChI is InChI=1S/C13H19NOS/c1-10(15)12-6-2-3-7-13(12)14-11-5-4-8-16-9-11/h2-3,6-7,10-11,14-15H,4-5,8-9H2,1H3. The van der Waals surface area contributed by atoms with Crippen LogP contribution in [0.3, 0.4) is 0 Å². The molecule has 2 unspecified atom stereocenters. The highest BCUT2D eigenvalue weighted by atomic mass is 32.2. The Balaban J connectivity index is 2.07. The van der Waals surface area contributed by atoms with E-state index in [4.69, 9.17) is 0 Å². The van der Waals surface area contributed by atoms with Gasteiger partial charge in [0.2, 0.25) is 0 Å². The van der Waals surface area contributed by atoms with Gasteiger partial charge in [-0.3, -0.25) is 0 Å². The molecule has 1 saturated heterocycles. The second kappa shape index (κ2) is 5.60. The van der Waals surface area contributed by atoms with Gasteiger partial charge in [0.25, 0.3) is 0 Å². The molecule has 0 radical (unpaired) electrons. The number of aliphatic hydroxyl groups is 1. The normalized spacial score (nSPS) is 22.8. The van der Waals surface area contributed by atoms with E-state index in [0.717, 1.165) is 11.3 Å². The number of nitrogens with one attached hydrogen (secondary N) is 1. The van der Waals surface area contributed by atoms with Gasteiger partial charge in [0.05, 0.1) is 6.10 Å². The summed E-state index contributed by atoms with van der Waals surface area (Å²) in [7, 11) is 0. The minimum Gasteiger partial charge on any atom is -0.389 e.